The summed E-state index contributed by atoms with van der Waals surface area (Å²) < 4.78 is 0. The molecule has 2 N–H and O–H groups in total. The van der Waals surface area contributed by atoms with Gasteiger partial charge in [-0.15, -0.1) is 0 Å². The molecule has 3 heteroatoms. The number of hydrogen-bond donors (Lipinski definition) is 2. The fraction of sp³-hybridized carbons (Fsp3) is 0.923. The summed E-state index contributed by atoms with van der Waals surface area (Å²) in [5.41, 5.74) is 0.0395. The van der Waals surface area contributed by atoms with Gasteiger partial charge in [-0.05, 0) is 31.2 Å². The summed E-state index contributed by atoms with van der Waals surface area (Å²) in [7, 11) is 0. The maximum absolute atomic E-state index is 10.9. The maximum atomic E-state index is 10.9. The Balaban J connectivity index is 2.39. The number of carboxylic acids is 1. The fourth-order valence-electron chi connectivity index (χ4n) is 2.69. The molecule has 0 aromatic carbocycles. The molecular formula is C13H25NO2. The number of nitrogens with one attached hydrogen (secondary N) is 1. The lowest BCUT2D eigenvalue weighted by molar-refractivity contribution is -0.140. The number of rotatable bonds is 7. The van der Waals surface area contributed by atoms with Crippen LogP contribution in [0.1, 0.15) is 58.3 Å². The van der Waals surface area contributed by atoms with E-state index < -0.39 is 5.97 Å². The van der Waals surface area contributed by atoms with Crippen LogP contribution in [0.2, 0.25) is 0 Å². The Bertz CT molecular complexity index is 210. The second kappa shape index (κ2) is 6.89. The van der Waals surface area contributed by atoms with Crippen LogP contribution >= 0.6 is 0 Å². The summed E-state index contributed by atoms with van der Waals surface area (Å²) in [5.74, 6) is -0.640. The Morgan fingerprint density at radius 2 is 2.00 bits per heavy atom. The molecule has 3 nitrogen and oxygen atoms in total. The normalized spacial score (nSPS) is 19.6. The lowest BCUT2D eigenvalue weighted by Gasteiger charge is -2.36. The van der Waals surface area contributed by atoms with Crippen molar-refractivity contribution >= 4 is 5.97 Å². The first kappa shape index (κ1) is 13.5. The van der Waals surface area contributed by atoms with Crippen LogP contribution in [0.4, 0.5) is 0 Å². The van der Waals surface area contributed by atoms with E-state index in [4.69, 9.17) is 5.11 Å². The highest BCUT2D eigenvalue weighted by molar-refractivity contribution is 5.67. The number of aliphatic carboxylic acids is 1. The molecule has 0 amide bonds. The molecule has 1 rings (SSSR count). The summed E-state index contributed by atoms with van der Waals surface area (Å²) in [5, 5.41) is 12.4. The van der Waals surface area contributed by atoms with Crippen molar-refractivity contribution < 1.29 is 9.90 Å². The van der Waals surface area contributed by atoms with E-state index >= 15 is 0 Å². The molecule has 0 aliphatic heterocycles. The van der Waals surface area contributed by atoms with Crippen LogP contribution in [-0.2, 0) is 4.79 Å². The van der Waals surface area contributed by atoms with Gasteiger partial charge >= 0.3 is 5.97 Å². The third-order valence-corrected chi connectivity index (χ3v) is 3.65. The van der Waals surface area contributed by atoms with E-state index in [1.165, 1.54) is 32.1 Å². The monoisotopic (exact) mass is 227 g/mol. The zero-order valence-corrected chi connectivity index (χ0v) is 10.4. The predicted octanol–water partition coefficient (Wildman–Crippen LogP) is 2.80. The van der Waals surface area contributed by atoms with Gasteiger partial charge in [0.15, 0.2) is 0 Å². The molecule has 1 aliphatic rings. The summed E-state index contributed by atoms with van der Waals surface area (Å²) in [4.78, 5) is 10.9. The SMILES string of the molecule is CCCCNCC1(CC(=O)O)CCCCC1. The molecular weight excluding hydrogens is 202 g/mol. The zero-order valence-electron chi connectivity index (χ0n) is 10.4. The van der Waals surface area contributed by atoms with Gasteiger partial charge in [-0.2, -0.15) is 0 Å². The third kappa shape index (κ3) is 4.52. The average Bonchev–Trinajstić information content (AvgIpc) is 2.25. The van der Waals surface area contributed by atoms with Crippen LogP contribution in [0, 0.1) is 5.41 Å². The predicted molar refractivity (Wildman–Crippen MR) is 65.5 cm³/mol. The summed E-state index contributed by atoms with van der Waals surface area (Å²) in [6.45, 7) is 4.09. The van der Waals surface area contributed by atoms with Crippen molar-refractivity contribution in [2.75, 3.05) is 13.1 Å². The molecule has 0 aromatic heterocycles. The van der Waals surface area contributed by atoms with E-state index in [1.807, 2.05) is 0 Å². The standard InChI is InChI=1S/C13H25NO2/c1-2-3-9-14-11-13(10-12(15)16)7-5-4-6-8-13/h14H,2-11H2,1H3,(H,15,16). The van der Waals surface area contributed by atoms with E-state index in [1.54, 1.807) is 0 Å². The molecule has 1 fully saturated rings. The largest absolute Gasteiger partial charge is 0.481 e. The highest BCUT2D eigenvalue weighted by atomic mass is 16.4. The molecule has 0 bridgehead atoms. The smallest absolute Gasteiger partial charge is 0.303 e. The van der Waals surface area contributed by atoms with Crippen LogP contribution in [-0.4, -0.2) is 24.2 Å². The van der Waals surface area contributed by atoms with Gasteiger partial charge < -0.3 is 10.4 Å². The quantitative estimate of drug-likeness (QED) is 0.657. The molecule has 0 spiro atoms. The number of hydrogen-bond acceptors (Lipinski definition) is 2. The first-order valence-electron chi connectivity index (χ1n) is 6.61. The second-order valence-electron chi connectivity index (χ2n) is 5.16. The molecule has 94 valence electrons. The van der Waals surface area contributed by atoms with Gasteiger partial charge in [0.2, 0.25) is 0 Å². The molecule has 0 aromatic rings. The van der Waals surface area contributed by atoms with Crippen molar-refractivity contribution in [2.24, 2.45) is 5.41 Å². The van der Waals surface area contributed by atoms with E-state index in [9.17, 15) is 4.79 Å². The Kier molecular flexibility index (Phi) is 5.81. The van der Waals surface area contributed by atoms with Crippen LogP contribution in [0.15, 0.2) is 0 Å². The van der Waals surface area contributed by atoms with Crippen LogP contribution in [0.25, 0.3) is 0 Å². The number of carbonyl (C=O) groups is 1. The first-order valence-corrected chi connectivity index (χ1v) is 6.61. The van der Waals surface area contributed by atoms with Gasteiger partial charge in [-0.1, -0.05) is 32.6 Å². The zero-order chi connectivity index (χ0) is 11.9. The number of carboxylic acid groups (broad SMARTS) is 1. The molecule has 0 saturated heterocycles. The van der Waals surface area contributed by atoms with Gasteiger partial charge in [0.25, 0.3) is 0 Å². The average molecular weight is 227 g/mol. The summed E-state index contributed by atoms with van der Waals surface area (Å²) in [6.07, 6.45) is 8.55. The van der Waals surface area contributed by atoms with Crippen molar-refractivity contribution in [3.05, 3.63) is 0 Å². The minimum Gasteiger partial charge on any atom is -0.481 e. The van der Waals surface area contributed by atoms with Gasteiger partial charge in [0.1, 0.15) is 0 Å². The first-order chi connectivity index (χ1) is 7.68. The van der Waals surface area contributed by atoms with E-state index in [0.717, 1.165) is 25.9 Å². The topological polar surface area (TPSA) is 49.3 Å². The van der Waals surface area contributed by atoms with Crippen LogP contribution in [0.3, 0.4) is 0 Å². The van der Waals surface area contributed by atoms with Crippen molar-refractivity contribution in [1.82, 2.24) is 5.32 Å². The summed E-state index contributed by atoms with van der Waals surface area (Å²) in [6, 6.07) is 0. The summed E-state index contributed by atoms with van der Waals surface area (Å²) >= 11 is 0. The highest BCUT2D eigenvalue weighted by Gasteiger charge is 2.33. The lowest BCUT2D eigenvalue weighted by atomic mass is 9.71. The van der Waals surface area contributed by atoms with E-state index in [-0.39, 0.29) is 5.41 Å². The minimum atomic E-state index is -0.640. The van der Waals surface area contributed by atoms with Crippen molar-refractivity contribution in [1.29, 1.82) is 0 Å². The molecule has 0 unspecified atom stereocenters. The van der Waals surface area contributed by atoms with Crippen molar-refractivity contribution in [2.45, 2.75) is 58.3 Å². The minimum absolute atomic E-state index is 0.0395. The van der Waals surface area contributed by atoms with E-state index in [2.05, 4.69) is 12.2 Å². The second-order valence-corrected chi connectivity index (χ2v) is 5.16. The lowest BCUT2D eigenvalue weighted by Crippen LogP contribution is -2.38. The Labute approximate surface area is 98.6 Å². The molecule has 0 heterocycles. The third-order valence-electron chi connectivity index (χ3n) is 3.65. The Morgan fingerprint density at radius 3 is 2.56 bits per heavy atom. The molecule has 16 heavy (non-hydrogen) atoms. The van der Waals surface area contributed by atoms with Crippen LogP contribution < -0.4 is 5.32 Å². The van der Waals surface area contributed by atoms with Crippen molar-refractivity contribution in [3.63, 3.8) is 0 Å². The highest BCUT2D eigenvalue weighted by Crippen LogP contribution is 2.38. The van der Waals surface area contributed by atoms with Gasteiger partial charge in [-0.25, -0.2) is 0 Å². The molecule has 1 saturated carbocycles. The Morgan fingerprint density at radius 1 is 1.31 bits per heavy atom. The van der Waals surface area contributed by atoms with Gasteiger partial charge in [0, 0.05) is 6.54 Å². The fourth-order valence-corrected chi connectivity index (χ4v) is 2.69. The maximum Gasteiger partial charge on any atom is 0.303 e. The van der Waals surface area contributed by atoms with Crippen LogP contribution in [0.5, 0.6) is 0 Å². The molecule has 0 radical (unpaired) electrons. The Hall–Kier alpha value is -0.570. The molecule has 1 aliphatic carbocycles. The number of unbranched alkanes of at least 4 members (excludes halogenated alkanes) is 1. The van der Waals surface area contributed by atoms with Crippen molar-refractivity contribution in [3.8, 4) is 0 Å². The van der Waals surface area contributed by atoms with Gasteiger partial charge in [-0.3, -0.25) is 4.79 Å². The van der Waals surface area contributed by atoms with Gasteiger partial charge in [0.05, 0.1) is 6.42 Å². The van der Waals surface area contributed by atoms with E-state index in [0.29, 0.717) is 6.42 Å². The molecule has 0 atom stereocenters.